The number of carbonyl (C=O) groups excluding carboxylic acids is 4. The monoisotopic (exact) mass is 1600 g/mol. The summed E-state index contributed by atoms with van der Waals surface area (Å²) in [7, 11) is -10.0. The van der Waals surface area contributed by atoms with Gasteiger partial charge < -0.3 is 33.8 Å². The summed E-state index contributed by atoms with van der Waals surface area (Å²) in [6.07, 6.45) is 104. The number of ether oxygens (including phenoxy) is 4. The fourth-order valence-electron chi connectivity index (χ4n) is 10.4. The standard InChI is InChI=1S/C93H148O17P2/c1-5-9-13-17-21-25-29-33-37-40-43-46-50-53-57-61-65-69-73-77-90(95)103-83-88(109-92(97)79-75-71-67-63-59-55-49-36-32-28-24-20-16-12-8-4)85-107-111(99,100)105-81-87(94)82-106-112(101,102)108-86-89(110-93(98)80-76-72-68-64-60-56-52-48-45-42-39-35-31-27-23-19-15-11-7-3)84-104-91(96)78-74-70-66-62-58-54-51-47-44-41-38-34-30-26-22-18-14-10-6-2/h9-10,12-14,16,21-28,33-39,43-49,53-54,57-59,63,87-89,94H,5-8,11,15,17-20,29-32,40-42,50-52,55-56,60-62,64-86H2,1-4H3,(H,99,100)(H,101,102)/b13-9-,14-10-,16-12-,25-21-,26-22-,27-23-,28-24-,37-33-,38-34-,39-35-,46-43-,47-44-,48-45-,49-36-,57-53-,58-54-,63-59-. The molecule has 19 heteroatoms. The van der Waals surface area contributed by atoms with E-state index in [1.807, 2.05) is 0 Å². The minimum atomic E-state index is -5.02. The quantitative estimate of drug-likeness (QED) is 0.0169. The van der Waals surface area contributed by atoms with Crippen LogP contribution < -0.4 is 0 Å². The van der Waals surface area contributed by atoms with Crippen molar-refractivity contribution in [3.05, 3.63) is 207 Å². The van der Waals surface area contributed by atoms with Gasteiger partial charge in [0.25, 0.3) is 0 Å². The molecule has 0 aliphatic rings. The lowest BCUT2D eigenvalue weighted by Gasteiger charge is -2.21. The van der Waals surface area contributed by atoms with Gasteiger partial charge in [-0.15, -0.1) is 0 Å². The van der Waals surface area contributed by atoms with Crippen molar-refractivity contribution in [3.63, 3.8) is 0 Å². The van der Waals surface area contributed by atoms with Gasteiger partial charge in [0.1, 0.15) is 19.3 Å². The van der Waals surface area contributed by atoms with Gasteiger partial charge in [0, 0.05) is 25.7 Å². The molecule has 0 fully saturated rings. The Kier molecular flexibility index (Phi) is 77.9. The van der Waals surface area contributed by atoms with E-state index < -0.39 is 97.5 Å². The summed E-state index contributed by atoms with van der Waals surface area (Å²) in [4.78, 5) is 73.3. The van der Waals surface area contributed by atoms with Crippen molar-refractivity contribution < 1.29 is 80.2 Å². The highest BCUT2D eigenvalue weighted by Crippen LogP contribution is 2.45. The Hall–Kier alpha value is -6.36. The average molecular weight is 1600 g/mol. The van der Waals surface area contributed by atoms with Gasteiger partial charge in [-0.1, -0.05) is 286 Å². The summed E-state index contributed by atoms with van der Waals surface area (Å²) in [5.41, 5.74) is 0. The fraction of sp³-hybridized carbons (Fsp3) is 0.591. The van der Waals surface area contributed by atoms with Gasteiger partial charge in [-0.25, -0.2) is 9.13 Å². The molecule has 3 N–H and O–H groups in total. The molecule has 0 aromatic carbocycles. The van der Waals surface area contributed by atoms with Gasteiger partial charge in [-0.05, 0) is 193 Å². The van der Waals surface area contributed by atoms with Crippen LogP contribution in [-0.2, 0) is 65.4 Å². The summed E-state index contributed by atoms with van der Waals surface area (Å²) in [6, 6.07) is 0. The number of hydrogen-bond acceptors (Lipinski definition) is 15. The van der Waals surface area contributed by atoms with E-state index >= 15 is 0 Å². The molecule has 0 spiro atoms. The fourth-order valence-corrected chi connectivity index (χ4v) is 12.0. The molecule has 5 unspecified atom stereocenters. The number of esters is 4. The molecule has 0 saturated heterocycles. The molecule has 632 valence electrons. The van der Waals surface area contributed by atoms with Crippen LogP contribution in [0.25, 0.3) is 0 Å². The van der Waals surface area contributed by atoms with Crippen LogP contribution in [-0.4, -0.2) is 96.7 Å². The van der Waals surface area contributed by atoms with Crippen molar-refractivity contribution in [1.29, 1.82) is 0 Å². The van der Waals surface area contributed by atoms with Gasteiger partial charge >= 0.3 is 39.5 Å². The molecule has 5 atom stereocenters. The predicted molar refractivity (Wildman–Crippen MR) is 463 cm³/mol. The summed E-state index contributed by atoms with van der Waals surface area (Å²) >= 11 is 0. The van der Waals surface area contributed by atoms with Crippen molar-refractivity contribution in [2.24, 2.45) is 0 Å². The van der Waals surface area contributed by atoms with E-state index in [0.717, 1.165) is 193 Å². The molecule has 0 amide bonds. The summed E-state index contributed by atoms with van der Waals surface area (Å²) in [6.45, 7) is 4.35. The third-order valence-electron chi connectivity index (χ3n) is 16.7. The van der Waals surface area contributed by atoms with Gasteiger partial charge in [0.15, 0.2) is 12.2 Å². The van der Waals surface area contributed by atoms with Crippen LogP contribution in [0.3, 0.4) is 0 Å². The zero-order chi connectivity index (χ0) is 81.7. The second-order valence-electron chi connectivity index (χ2n) is 27.3. The smallest absolute Gasteiger partial charge is 0.462 e. The summed E-state index contributed by atoms with van der Waals surface area (Å²) in [5, 5.41) is 10.7. The van der Waals surface area contributed by atoms with Crippen molar-refractivity contribution in [2.75, 3.05) is 39.6 Å². The third kappa shape index (κ3) is 81.6. The highest BCUT2D eigenvalue weighted by atomic mass is 31.2. The first-order valence-corrected chi connectivity index (χ1v) is 45.3. The predicted octanol–water partition coefficient (Wildman–Crippen LogP) is 25.4. The maximum atomic E-state index is 13.2. The van der Waals surface area contributed by atoms with Gasteiger partial charge in [0.2, 0.25) is 0 Å². The lowest BCUT2D eigenvalue weighted by atomic mass is 10.1. The van der Waals surface area contributed by atoms with Crippen LogP contribution in [0.15, 0.2) is 207 Å². The number of aliphatic hydroxyl groups is 1. The molecule has 17 nitrogen and oxygen atoms in total. The first-order valence-electron chi connectivity index (χ1n) is 42.3. The summed E-state index contributed by atoms with van der Waals surface area (Å²) < 4.78 is 68.7. The maximum absolute atomic E-state index is 13.2. The number of unbranched alkanes of at least 4 members (excludes halogenated alkanes) is 17. The number of carbonyl (C=O) groups is 4. The lowest BCUT2D eigenvalue weighted by Crippen LogP contribution is -2.30. The molecule has 0 rings (SSSR count). The van der Waals surface area contributed by atoms with Crippen LogP contribution in [0, 0.1) is 0 Å². The van der Waals surface area contributed by atoms with E-state index in [1.54, 1.807) is 0 Å². The first kappa shape index (κ1) is 106. The topological polar surface area (TPSA) is 237 Å². The van der Waals surface area contributed by atoms with Gasteiger partial charge in [-0.2, -0.15) is 0 Å². The summed E-state index contributed by atoms with van der Waals surface area (Å²) in [5.74, 6) is -2.33. The molecule has 0 bridgehead atoms. The number of phosphoric acid groups is 2. The second kappa shape index (κ2) is 82.6. The lowest BCUT2D eigenvalue weighted by molar-refractivity contribution is -0.161. The SMILES string of the molecule is CC/C=C\C/C=C\C/C=C\C/C=C\C/C=C\CCCCCC(=O)OCC(COP(=O)(O)OCC(O)COP(=O)(O)OCC(COC(=O)CCCCC/C=C\C/C=C\C/C=C\C/C=C\C/C=C\CC)OC(=O)CCCCCCCC/C=C\C/C=C\C/C=C\CCCCC)OC(=O)CCCC/C=C\C/C=C\C/C=C\C/C=C\CC. The largest absolute Gasteiger partial charge is 0.472 e. The molecule has 0 saturated carbocycles. The van der Waals surface area contributed by atoms with E-state index in [2.05, 4.69) is 234 Å². The molecular formula is C93H148O17P2. The Morgan fingerprint density at radius 3 is 0.741 bits per heavy atom. The number of phosphoric ester groups is 2. The molecule has 0 aromatic rings. The average Bonchev–Trinajstić information content (AvgIpc) is 0.898. The van der Waals surface area contributed by atoms with Crippen molar-refractivity contribution in [1.82, 2.24) is 0 Å². The van der Waals surface area contributed by atoms with Crippen LogP contribution >= 0.6 is 15.6 Å². The maximum Gasteiger partial charge on any atom is 0.472 e. The van der Waals surface area contributed by atoms with Gasteiger partial charge in [0.05, 0.1) is 26.4 Å². The number of allylic oxidation sites excluding steroid dienone is 34. The Morgan fingerprint density at radius 2 is 0.464 bits per heavy atom. The number of aliphatic hydroxyl groups excluding tert-OH is 1. The Balaban J connectivity index is 5.52. The zero-order valence-electron chi connectivity index (χ0n) is 69.3. The molecular weight excluding hydrogens is 1450 g/mol. The van der Waals surface area contributed by atoms with Crippen LogP contribution in [0.5, 0.6) is 0 Å². The molecule has 0 aliphatic heterocycles. The van der Waals surface area contributed by atoms with Crippen molar-refractivity contribution in [2.45, 2.75) is 316 Å². The van der Waals surface area contributed by atoms with E-state index in [4.69, 9.17) is 37.0 Å². The minimum absolute atomic E-state index is 0.0255. The Labute approximate surface area is 678 Å². The molecule has 0 radical (unpaired) electrons. The molecule has 0 aromatic heterocycles. The minimum Gasteiger partial charge on any atom is -0.462 e. The number of hydrogen-bond donors (Lipinski definition) is 3. The second-order valence-corrected chi connectivity index (χ2v) is 30.2. The first-order chi connectivity index (χ1) is 54.7. The van der Waals surface area contributed by atoms with E-state index in [9.17, 15) is 43.2 Å². The van der Waals surface area contributed by atoms with E-state index in [1.165, 1.54) is 19.3 Å². The molecule has 112 heavy (non-hydrogen) atoms. The highest BCUT2D eigenvalue weighted by Gasteiger charge is 2.30. The van der Waals surface area contributed by atoms with Crippen LogP contribution in [0.4, 0.5) is 0 Å². The van der Waals surface area contributed by atoms with Crippen LogP contribution in [0.2, 0.25) is 0 Å². The van der Waals surface area contributed by atoms with Crippen molar-refractivity contribution in [3.8, 4) is 0 Å². The zero-order valence-corrected chi connectivity index (χ0v) is 71.0. The van der Waals surface area contributed by atoms with Crippen molar-refractivity contribution >= 4 is 39.5 Å². The molecule has 0 aliphatic carbocycles. The Morgan fingerprint density at radius 1 is 0.259 bits per heavy atom. The van der Waals surface area contributed by atoms with E-state index in [-0.39, 0.29) is 25.7 Å². The number of rotatable bonds is 77. The highest BCUT2D eigenvalue weighted by molar-refractivity contribution is 7.47. The Bertz CT molecular complexity index is 2940. The van der Waals surface area contributed by atoms with E-state index in [0.29, 0.717) is 32.1 Å². The third-order valence-corrected chi connectivity index (χ3v) is 18.6. The molecule has 0 heterocycles. The van der Waals surface area contributed by atoms with Crippen LogP contribution in [0.1, 0.15) is 297 Å². The normalized spacial score (nSPS) is 14.8. The van der Waals surface area contributed by atoms with Gasteiger partial charge in [-0.3, -0.25) is 37.3 Å².